The van der Waals surface area contributed by atoms with Crippen molar-refractivity contribution in [1.29, 1.82) is 0 Å². The fourth-order valence-electron chi connectivity index (χ4n) is 3.39. The first-order chi connectivity index (χ1) is 7.99. The number of carbonyl (C=O) groups is 2. The fraction of sp³-hybridized carbons (Fsp3) is 0.846. The highest BCUT2D eigenvalue weighted by Crippen LogP contribution is 2.40. The zero-order valence-corrected chi connectivity index (χ0v) is 10.8. The quantitative estimate of drug-likeness (QED) is 0.722. The number of hydrogen-bond acceptors (Lipinski definition) is 2. The zero-order valence-electron chi connectivity index (χ0n) is 10.8. The summed E-state index contributed by atoms with van der Waals surface area (Å²) in [6.45, 7) is 6.66. The minimum Gasteiger partial charge on any atom is -0.326 e. The Morgan fingerprint density at radius 1 is 1.24 bits per heavy atom. The van der Waals surface area contributed by atoms with Gasteiger partial charge in [0.05, 0.1) is 0 Å². The van der Waals surface area contributed by atoms with Gasteiger partial charge in [0.1, 0.15) is 6.04 Å². The molecule has 4 heteroatoms. The van der Waals surface area contributed by atoms with Crippen molar-refractivity contribution in [3.8, 4) is 0 Å². The van der Waals surface area contributed by atoms with E-state index in [0.29, 0.717) is 23.7 Å². The molecule has 2 unspecified atom stereocenters. The summed E-state index contributed by atoms with van der Waals surface area (Å²) in [6.07, 6.45) is 3.45. The molecule has 1 aliphatic heterocycles. The van der Waals surface area contributed by atoms with Crippen molar-refractivity contribution < 1.29 is 9.59 Å². The van der Waals surface area contributed by atoms with Crippen LogP contribution in [0.1, 0.15) is 40.0 Å². The summed E-state index contributed by atoms with van der Waals surface area (Å²) >= 11 is 0. The van der Waals surface area contributed by atoms with Crippen molar-refractivity contribution in [1.82, 2.24) is 10.6 Å². The number of hydrogen-bond donors (Lipinski definition) is 2. The Bertz CT molecular complexity index is 327. The molecule has 96 valence electrons. The lowest BCUT2D eigenvalue weighted by Crippen LogP contribution is -2.44. The highest BCUT2D eigenvalue weighted by atomic mass is 16.2. The summed E-state index contributed by atoms with van der Waals surface area (Å²) in [6, 6.07) is -0.640. The minimum absolute atomic E-state index is 0.139. The number of amides is 3. The van der Waals surface area contributed by atoms with Crippen molar-refractivity contribution >= 4 is 11.9 Å². The SMILES string of the molecule is CC(C)[C@@H]1CC[C@@H](C)CC1C1NC(=O)NC1=O. The van der Waals surface area contributed by atoms with Crippen LogP contribution >= 0.6 is 0 Å². The van der Waals surface area contributed by atoms with Gasteiger partial charge in [-0.2, -0.15) is 0 Å². The van der Waals surface area contributed by atoms with Crippen LogP contribution in [-0.2, 0) is 4.79 Å². The highest BCUT2D eigenvalue weighted by molar-refractivity contribution is 6.04. The second-order valence-electron chi connectivity index (χ2n) is 5.93. The van der Waals surface area contributed by atoms with E-state index in [9.17, 15) is 9.59 Å². The van der Waals surface area contributed by atoms with Crippen LogP contribution in [0.4, 0.5) is 4.79 Å². The summed E-state index contributed by atoms with van der Waals surface area (Å²) in [7, 11) is 0. The van der Waals surface area contributed by atoms with Gasteiger partial charge in [-0.15, -0.1) is 0 Å². The summed E-state index contributed by atoms with van der Waals surface area (Å²) in [5.74, 6) is 1.92. The predicted octanol–water partition coefficient (Wildman–Crippen LogP) is 1.90. The number of nitrogens with one attached hydrogen (secondary N) is 2. The van der Waals surface area contributed by atoms with Gasteiger partial charge in [0.15, 0.2) is 0 Å². The Hall–Kier alpha value is -1.06. The van der Waals surface area contributed by atoms with Gasteiger partial charge in [0.2, 0.25) is 0 Å². The van der Waals surface area contributed by atoms with Crippen LogP contribution in [-0.4, -0.2) is 18.0 Å². The van der Waals surface area contributed by atoms with Crippen molar-refractivity contribution in [2.24, 2.45) is 23.7 Å². The third-order valence-corrected chi connectivity index (χ3v) is 4.31. The Kier molecular flexibility index (Phi) is 3.40. The molecule has 2 rings (SSSR count). The van der Waals surface area contributed by atoms with E-state index in [1.165, 1.54) is 12.8 Å². The summed E-state index contributed by atoms with van der Waals surface area (Å²) in [5.41, 5.74) is 0. The van der Waals surface area contributed by atoms with Crippen LogP contribution in [0.2, 0.25) is 0 Å². The van der Waals surface area contributed by atoms with Gasteiger partial charge in [-0.1, -0.05) is 27.2 Å². The van der Waals surface area contributed by atoms with Crippen LogP contribution < -0.4 is 10.6 Å². The molecule has 2 fully saturated rings. The van der Waals surface area contributed by atoms with Crippen LogP contribution in [0.15, 0.2) is 0 Å². The van der Waals surface area contributed by atoms with Crippen LogP contribution in [0.5, 0.6) is 0 Å². The Morgan fingerprint density at radius 3 is 2.47 bits per heavy atom. The standard InChI is InChI=1S/C13H22N2O2/c1-7(2)9-5-4-8(3)6-10(9)11-12(16)15-13(17)14-11/h7-11H,4-6H2,1-3H3,(H2,14,15,16,17)/t8-,9+,10?,11?/m1/s1. The van der Waals surface area contributed by atoms with Crippen molar-refractivity contribution in [2.75, 3.05) is 0 Å². The first kappa shape index (κ1) is 12.4. The number of carbonyl (C=O) groups excluding carboxylic acids is 2. The smallest absolute Gasteiger partial charge is 0.322 e. The molecule has 0 aromatic rings. The average Bonchev–Trinajstić information content (AvgIpc) is 2.57. The molecule has 1 heterocycles. The maximum atomic E-state index is 11.8. The van der Waals surface area contributed by atoms with Crippen LogP contribution in [0, 0.1) is 23.7 Å². The van der Waals surface area contributed by atoms with E-state index in [0.717, 1.165) is 6.42 Å². The van der Waals surface area contributed by atoms with Gasteiger partial charge in [0, 0.05) is 0 Å². The molecule has 1 saturated heterocycles. The number of rotatable bonds is 2. The molecule has 0 bridgehead atoms. The van der Waals surface area contributed by atoms with E-state index in [-0.39, 0.29) is 18.0 Å². The molecular formula is C13H22N2O2. The van der Waals surface area contributed by atoms with Crippen molar-refractivity contribution in [3.63, 3.8) is 0 Å². The lowest BCUT2D eigenvalue weighted by molar-refractivity contribution is -0.122. The molecule has 1 aliphatic carbocycles. The van der Waals surface area contributed by atoms with E-state index < -0.39 is 0 Å². The third kappa shape index (κ3) is 2.45. The molecule has 4 atom stereocenters. The lowest BCUT2D eigenvalue weighted by atomic mass is 9.67. The second kappa shape index (κ2) is 4.67. The molecule has 3 amide bonds. The monoisotopic (exact) mass is 238 g/mol. The van der Waals surface area contributed by atoms with Gasteiger partial charge >= 0.3 is 6.03 Å². The highest BCUT2D eigenvalue weighted by Gasteiger charge is 2.43. The molecule has 1 saturated carbocycles. The van der Waals surface area contributed by atoms with Gasteiger partial charge < -0.3 is 5.32 Å². The van der Waals surface area contributed by atoms with E-state index in [1.807, 2.05) is 0 Å². The molecule has 0 aromatic heterocycles. The lowest BCUT2D eigenvalue weighted by Gasteiger charge is -2.39. The molecule has 4 nitrogen and oxygen atoms in total. The molecule has 0 spiro atoms. The van der Waals surface area contributed by atoms with Gasteiger partial charge in [-0.25, -0.2) is 4.79 Å². The van der Waals surface area contributed by atoms with E-state index in [4.69, 9.17) is 0 Å². The Morgan fingerprint density at radius 2 is 1.94 bits per heavy atom. The summed E-state index contributed by atoms with van der Waals surface area (Å²) < 4.78 is 0. The van der Waals surface area contributed by atoms with E-state index in [1.54, 1.807) is 0 Å². The average molecular weight is 238 g/mol. The fourth-order valence-corrected chi connectivity index (χ4v) is 3.39. The van der Waals surface area contributed by atoms with Crippen LogP contribution in [0.3, 0.4) is 0 Å². The first-order valence-electron chi connectivity index (χ1n) is 6.60. The first-order valence-corrected chi connectivity index (χ1v) is 6.60. The van der Waals surface area contributed by atoms with Crippen molar-refractivity contribution in [2.45, 2.75) is 46.1 Å². The maximum absolute atomic E-state index is 11.8. The maximum Gasteiger partial charge on any atom is 0.322 e. The second-order valence-corrected chi connectivity index (χ2v) is 5.93. The largest absolute Gasteiger partial charge is 0.326 e. The molecule has 0 radical (unpaired) electrons. The number of imide groups is 1. The van der Waals surface area contributed by atoms with E-state index >= 15 is 0 Å². The molecule has 2 N–H and O–H groups in total. The van der Waals surface area contributed by atoms with Gasteiger partial charge in [-0.3, -0.25) is 10.1 Å². The van der Waals surface area contributed by atoms with Crippen LogP contribution in [0.25, 0.3) is 0 Å². The minimum atomic E-state index is -0.333. The summed E-state index contributed by atoms with van der Waals surface area (Å²) in [5, 5.41) is 5.13. The van der Waals surface area contributed by atoms with Crippen molar-refractivity contribution in [3.05, 3.63) is 0 Å². The van der Waals surface area contributed by atoms with Gasteiger partial charge in [0.25, 0.3) is 5.91 Å². The molecule has 17 heavy (non-hydrogen) atoms. The summed E-state index contributed by atoms with van der Waals surface area (Å²) in [4.78, 5) is 23.0. The normalized spacial score (nSPS) is 38.1. The third-order valence-electron chi connectivity index (χ3n) is 4.31. The molecular weight excluding hydrogens is 216 g/mol. The Labute approximate surface area is 103 Å². The molecule has 2 aliphatic rings. The molecule has 0 aromatic carbocycles. The van der Waals surface area contributed by atoms with E-state index in [2.05, 4.69) is 31.4 Å². The van der Waals surface area contributed by atoms with Gasteiger partial charge in [-0.05, 0) is 36.5 Å². The Balaban J connectivity index is 2.14. The predicted molar refractivity (Wildman–Crippen MR) is 65.3 cm³/mol. The number of urea groups is 1. The topological polar surface area (TPSA) is 58.2 Å². The zero-order chi connectivity index (χ0) is 12.6.